The van der Waals surface area contributed by atoms with Crippen LogP contribution < -0.4 is 0 Å². The molecular weight excluding hydrogens is 610 g/mol. The zero-order valence-corrected chi connectivity index (χ0v) is 21.9. The summed E-state index contributed by atoms with van der Waals surface area (Å²) in [7, 11) is 0. The van der Waals surface area contributed by atoms with Gasteiger partial charge in [-0.25, -0.2) is 14.2 Å². The quantitative estimate of drug-likeness (QED) is 0.180. The first kappa shape index (κ1) is 33.8. The molecule has 2 saturated heterocycles. The second-order valence-electron chi connectivity index (χ2n) is 10.5. The van der Waals surface area contributed by atoms with E-state index >= 15 is 0 Å². The maximum atomic E-state index is 13.9. The molecular formula is C23H30F10O9. The van der Waals surface area contributed by atoms with Crippen LogP contribution in [-0.4, -0.2) is 95.2 Å². The standard InChI is InChI=1S/C23H30F10O9/c24-19(25,9-34-7-13-1-3-15-17(5-13)38-11-36-15)40-21(28,29)22(30,31)42-23(32,33)41-20(26,27)10-35-8-14-2-4-16-18(6-14)39-12-37-16/h13-18H,1-12H2. The lowest BCUT2D eigenvalue weighted by Gasteiger charge is -2.32. The van der Waals surface area contributed by atoms with Gasteiger partial charge in [0, 0.05) is 13.2 Å². The Morgan fingerprint density at radius 1 is 0.500 bits per heavy atom. The second kappa shape index (κ2) is 13.1. The molecule has 6 atom stereocenters. The maximum absolute atomic E-state index is 13.9. The SMILES string of the molecule is FC(F)(COCC1CCC2OCOC2C1)OC(F)(F)OC(F)(F)C(F)(F)OC(F)(F)COCC1CCC2OCOC2C1. The Hall–Kier alpha value is -1.06. The monoisotopic (exact) mass is 640 g/mol. The van der Waals surface area contributed by atoms with Crippen LogP contribution in [0.5, 0.6) is 0 Å². The van der Waals surface area contributed by atoms with Gasteiger partial charge in [0.2, 0.25) is 0 Å². The van der Waals surface area contributed by atoms with Gasteiger partial charge in [-0.3, -0.25) is 0 Å². The Bertz CT molecular complexity index is 884. The highest BCUT2D eigenvalue weighted by molar-refractivity contribution is 4.84. The molecule has 9 nitrogen and oxygen atoms in total. The number of alkyl halides is 10. The fourth-order valence-corrected chi connectivity index (χ4v) is 5.23. The highest BCUT2D eigenvalue weighted by Gasteiger charge is 2.69. The molecule has 0 bridgehead atoms. The van der Waals surface area contributed by atoms with Crippen molar-refractivity contribution in [2.75, 3.05) is 40.0 Å². The minimum Gasteiger partial charge on any atom is -0.372 e. The summed E-state index contributed by atoms with van der Waals surface area (Å²) in [5, 5.41) is 0. The lowest BCUT2D eigenvalue weighted by atomic mass is 9.86. The van der Waals surface area contributed by atoms with Crippen LogP contribution in [-0.2, 0) is 42.6 Å². The summed E-state index contributed by atoms with van der Waals surface area (Å²) >= 11 is 0. The number of halogens is 10. The van der Waals surface area contributed by atoms with E-state index in [0.29, 0.717) is 38.5 Å². The first-order valence-corrected chi connectivity index (χ1v) is 13.1. The van der Waals surface area contributed by atoms with Crippen LogP contribution in [0.4, 0.5) is 43.9 Å². The van der Waals surface area contributed by atoms with Gasteiger partial charge < -0.3 is 28.4 Å². The molecule has 19 heteroatoms. The van der Waals surface area contributed by atoms with E-state index in [1.165, 1.54) is 0 Å². The fraction of sp³-hybridized carbons (Fsp3) is 1.00. The molecule has 4 aliphatic rings. The fourth-order valence-electron chi connectivity index (χ4n) is 5.23. The van der Waals surface area contributed by atoms with Crippen molar-refractivity contribution in [2.24, 2.45) is 11.8 Å². The maximum Gasteiger partial charge on any atom is 0.495 e. The minimum absolute atomic E-state index is 0.0590. The summed E-state index contributed by atoms with van der Waals surface area (Å²) in [6.45, 7) is -4.49. The Morgan fingerprint density at radius 3 is 1.38 bits per heavy atom. The molecule has 2 aliphatic heterocycles. The lowest BCUT2D eigenvalue weighted by Crippen LogP contribution is -2.54. The van der Waals surface area contributed by atoms with E-state index in [2.05, 4.69) is 23.7 Å². The van der Waals surface area contributed by atoms with Crippen molar-refractivity contribution in [3.8, 4) is 0 Å². The van der Waals surface area contributed by atoms with Gasteiger partial charge in [-0.15, -0.1) is 8.78 Å². The third kappa shape index (κ3) is 9.23. The molecule has 0 amide bonds. The number of ether oxygens (including phenoxy) is 9. The Labute approximate surface area is 232 Å². The van der Waals surface area contributed by atoms with E-state index in [-0.39, 0.29) is 56.4 Å². The van der Waals surface area contributed by atoms with Gasteiger partial charge in [0.05, 0.1) is 24.4 Å². The van der Waals surface area contributed by atoms with E-state index < -0.39 is 50.5 Å². The van der Waals surface area contributed by atoms with Crippen molar-refractivity contribution in [3.63, 3.8) is 0 Å². The second-order valence-corrected chi connectivity index (χ2v) is 10.5. The number of fused-ring (bicyclic) bond motifs is 2. The Kier molecular flexibility index (Phi) is 10.6. The van der Waals surface area contributed by atoms with Crippen molar-refractivity contribution in [1.82, 2.24) is 0 Å². The summed E-state index contributed by atoms with van der Waals surface area (Å²) in [5.41, 5.74) is 0. The van der Waals surface area contributed by atoms with Gasteiger partial charge in [-0.05, 0) is 50.4 Å². The lowest BCUT2D eigenvalue weighted by molar-refractivity contribution is -0.566. The molecule has 0 aromatic rings. The van der Waals surface area contributed by atoms with Crippen LogP contribution in [0.1, 0.15) is 38.5 Å². The van der Waals surface area contributed by atoms with Crippen LogP contribution in [0.3, 0.4) is 0 Å². The van der Waals surface area contributed by atoms with Crippen LogP contribution in [0.2, 0.25) is 0 Å². The first-order chi connectivity index (χ1) is 19.5. The van der Waals surface area contributed by atoms with E-state index in [1.54, 1.807) is 0 Å². The minimum atomic E-state index is -6.56. The van der Waals surface area contributed by atoms with E-state index in [1.807, 2.05) is 0 Å². The van der Waals surface area contributed by atoms with Gasteiger partial charge in [0.25, 0.3) is 0 Å². The highest BCUT2D eigenvalue weighted by Crippen LogP contribution is 2.45. The smallest absolute Gasteiger partial charge is 0.372 e. The third-order valence-electron chi connectivity index (χ3n) is 7.19. The van der Waals surface area contributed by atoms with Gasteiger partial charge in [-0.2, -0.15) is 35.1 Å². The predicted molar refractivity (Wildman–Crippen MR) is 114 cm³/mol. The average molecular weight is 640 g/mol. The topological polar surface area (TPSA) is 83.1 Å². The van der Waals surface area contributed by atoms with Crippen molar-refractivity contribution >= 4 is 0 Å². The molecule has 42 heavy (non-hydrogen) atoms. The van der Waals surface area contributed by atoms with Crippen molar-refractivity contribution in [3.05, 3.63) is 0 Å². The summed E-state index contributed by atoms with van der Waals surface area (Å²) in [4.78, 5) is 0. The van der Waals surface area contributed by atoms with Crippen molar-refractivity contribution in [2.45, 2.75) is 93.7 Å². The van der Waals surface area contributed by atoms with E-state index in [0.717, 1.165) is 0 Å². The highest BCUT2D eigenvalue weighted by atomic mass is 19.3. The molecule has 4 rings (SSSR count). The average Bonchev–Trinajstić information content (AvgIpc) is 3.50. The van der Waals surface area contributed by atoms with Gasteiger partial charge >= 0.3 is 30.7 Å². The number of rotatable bonds is 15. The van der Waals surface area contributed by atoms with Crippen molar-refractivity contribution in [1.29, 1.82) is 0 Å². The normalized spacial score (nSPS) is 31.3. The summed E-state index contributed by atoms with van der Waals surface area (Å²) in [5.74, 6) is -0.668. The van der Waals surface area contributed by atoms with Crippen LogP contribution >= 0.6 is 0 Å². The molecule has 0 radical (unpaired) electrons. The Morgan fingerprint density at radius 2 is 0.905 bits per heavy atom. The predicted octanol–water partition coefficient (Wildman–Crippen LogP) is 5.07. The molecule has 246 valence electrons. The largest absolute Gasteiger partial charge is 0.495 e. The van der Waals surface area contributed by atoms with E-state index in [4.69, 9.17) is 18.9 Å². The first-order valence-electron chi connectivity index (χ1n) is 13.1. The summed E-state index contributed by atoms with van der Waals surface area (Å²) in [6, 6.07) is 0. The molecule has 4 fully saturated rings. The molecule has 0 aromatic heterocycles. The zero-order valence-electron chi connectivity index (χ0n) is 21.9. The number of hydrogen-bond donors (Lipinski definition) is 0. The van der Waals surface area contributed by atoms with Crippen LogP contribution in [0, 0.1) is 11.8 Å². The van der Waals surface area contributed by atoms with Gasteiger partial charge in [0.15, 0.2) is 0 Å². The van der Waals surface area contributed by atoms with Crippen LogP contribution in [0.15, 0.2) is 0 Å². The molecule has 0 N–H and O–H groups in total. The van der Waals surface area contributed by atoms with Gasteiger partial charge in [0.1, 0.15) is 26.8 Å². The zero-order chi connectivity index (χ0) is 30.8. The number of hydrogen-bond acceptors (Lipinski definition) is 9. The molecule has 2 heterocycles. The summed E-state index contributed by atoms with van der Waals surface area (Å²) in [6.07, 6.45) is -27.5. The Balaban J connectivity index is 1.20. The third-order valence-corrected chi connectivity index (χ3v) is 7.19. The molecule has 2 saturated carbocycles. The summed E-state index contributed by atoms with van der Waals surface area (Å²) < 4.78 is 176. The van der Waals surface area contributed by atoms with Crippen LogP contribution in [0.25, 0.3) is 0 Å². The molecule has 0 spiro atoms. The van der Waals surface area contributed by atoms with E-state index in [9.17, 15) is 43.9 Å². The van der Waals surface area contributed by atoms with Crippen molar-refractivity contribution < 1.29 is 86.5 Å². The molecule has 6 unspecified atom stereocenters. The molecule has 0 aromatic carbocycles. The van der Waals surface area contributed by atoms with Gasteiger partial charge in [-0.1, -0.05) is 0 Å². The molecule has 2 aliphatic carbocycles.